The van der Waals surface area contributed by atoms with Crippen LogP contribution < -0.4 is 15.1 Å². The Balaban J connectivity index is 1.26. The molecule has 1 fully saturated rings. The van der Waals surface area contributed by atoms with Crippen molar-refractivity contribution in [2.45, 2.75) is 6.42 Å². The number of rotatable bonds is 9. The molecule has 2 aromatic heterocycles. The molecule has 1 aromatic carbocycles. The van der Waals surface area contributed by atoms with Crippen molar-refractivity contribution in [3.8, 4) is 6.01 Å². The van der Waals surface area contributed by atoms with Crippen LogP contribution in [0.15, 0.2) is 70.7 Å². The number of hydrogen-bond donors (Lipinski definition) is 2. The van der Waals surface area contributed by atoms with Crippen LogP contribution in [0.3, 0.4) is 0 Å². The lowest BCUT2D eigenvalue weighted by Gasteiger charge is -2.28. The van der Waals surface area contributed by atoms with E-state index in [2.05, 4.69) is 41.4 Å². The molecule has 4 heterocycles. The Hall–Kier alpha value is -4.18. The number of nitrogens with zero attached hydrogens (tertiary/aromatic N) is 5. The number of benzene rings is 1. The first kappa shape index (κ1) is 22.6. The first-order valence-electron chi connectivity index (χ1n) is 11.5. The standard InChI is InChI=1S/C25H27N7O3/c1-2-6-22-21(5-1)19(17-27-22)18-28-31-23-16-24(32-10-12-33-13-11-32)30-25(29-23)35-15-14-34-20-4-3-8-26-9-7-20/h1-6,8-9,16-18,27H,7,10-15H2,(H,29,30,31)/b28-18+. The zero-order valence-electron chi connectivity index (χ0n) is 19.3. The zero-order chi connectivity index (χ0) is 23.7. The number of para-hydroxylation sites is 1. The van der Waals surface area contributed by atoms with Gasteiger partial charge in [0.1, 0.15) is 24.8 Å². The van der Waals surface area contributed by atoms with Crippen molar-refractivity contribution >= 4 is 35.0 Å². The Kier molecular flexibility index (Phi) is 7.30. The van der Waals surface area contributed by atoms with Gasteiger partial charge in [-0.2, -0.15) is 15.1 Å². The van der Waals surface area contributed by atoms with Crippen LogP contribution in [0.1, 0.15) is 12.0 Å². The molecule has 0 unspecified atom stereocenters. The summed E-state index contributed by atoms with van der Waals surface area (Å²) in [4.78, 5) is 18.6. The number of H-pyrrole nitrogens is 1. The van der Waals surface area contributed by atoms with E-state index in [1.165, 1.54) is 0 Å². The Morgan fingerprint density at radius 3 is 2.97 bits per heavy atom. The van der Waals surface area contributed by atoms with Gasteiger partial charge in [-0.3, -0.25) is 10.4 Å². The van der Waals surface area contributed by atoms with Crippen molar-refractivity contribution in [2.75, 3.05) is 49.8 Å². The Morgan fingerprint density at radius 1 is 1.14 bits per heavy atom. The summed E-state index contributed by atoms with van der Waals surface area (Å²) >= 11 is 0. The molecule has 10 heteroatoms. The van der Waals surface area contributed by atoms with Crippen molar-refractivity contribution < 1.29 is 14.2 Å². The molecule has 1 saturated heterocycles. The van der Waals surface area contributed by atoms with Gasteiger partial charge in [0.15, 0.2) is 5.82 Å². The number of aromatic nitrogens is 3. The Morgan fingerprint density at radius 2 is 2.03 bits per heavy atom. The number of allylic oxidation sites excluding steroid dienone is 3. The number of hydrazone groups is 1. The second-order valence-electron chi connectivity index (χ2n) is 7.86. The summed E-state index contributed by atoms with van der Waals surface area (Å²) in [7, 11) is 0. The number of fused-ring (bicyclic) bond motifs is 1. The molecule has 0 radical (unpaired) electrons. The minimum Gasteiger partial charge on any atom is -0.494 e. The van der Waals surface area contributed by atoms with Crippen molar-refractivity contribution in [3.05, 3.63) is 66.2 Å². The van der Waals surface area contributed by atoms with E-state index in [0.717, 1.165) is 41.1 Å². The van der Waals surface area contributed by atoms with Crippen LogP contribution in [0.2, 0.25) is 0 Å². The predicted molar refractivity (Wildman–Crippen MR) is 136 cm³/mol. The molecule has 0 aliphatic carbocycles. The second kappa shape index (κ2) is 11.3. The van der Waals surface area contributed by atoms with Gasteiger partial charge >= 0.3 is 6.01 Å². The van der Waals surface area contributed by atoms with Gasteiger partial charge in [-0.05, 0) is 18.2 Å². The molecule has 0 atom stereocenters. The first-order valence-corrected chi connectivity index (χ1v) is 11.5. The molecule has 5 rings (SSSR count). The quantitative estimate of drug-likeness (QED) is 0.278. The smallest absolute Gasteiger partial charge is 0.320 e. The minimum atomic E-state index is 0.263. The van der Waals surface area contributed by atoms with E-state index in [1.54, 1.807) is 18.6 Å². The maximum absolute atomic E-state index is 5.83. The van der Waals surface area contributed by atoms with Gasteiger partial charge < -0.3 is 24.1 Å². The van der Waals surface area contributed by atoms with Crippen LogP contribution in [0.4, 0.5) is 11.6 Å². The number of hydrogen-bond acceptors (Lipinski definition) is 9. The number of nitrogens with one attached hydrogen (secondary N) is 2. The lowest BCUT2D eigenvalue weighted by atomic mass is 10.2. The monoisotopic (exact) mass is 473 g/mol. The van der Waals surface area contributed by atoms with E-state index in [-0.39, 0.29) is 6.01 Å². The largest absolute Gasteiger partial charge is 0.494 e. The van der Waals surface area contributed by atoms with Gasteiger partial charge in [-0.1, -0.05) is 18.2 Å². The molecule has 0 spiro atoms. The lowest BCUT2D eigenvalue weighted by Crippen LogP contribution is -2.36. The molecule has 0 saturated carbocycles. The highest BCUT2D eigenvalue weighted by Crippen LogP contribution is 2.21. The normalized spacial score (nSPS) is 15.9. The highest BCUT2D eigenvalue weighted by Gasteiger charge is 2.16. The van der Waals surface area contributed by atoms with Crippen molar-refractivity contribution in [1.29, 1.82) is 0 Å². The zero-order valence-corrected chi connectivity index (χ0v) is 19.3. The van der Waals surface area contributed by atoms with Gasteiger partial charge in [0.05, 0.1) is 19.4 Å². The number of anilines is 2. The number of morpholine rings is 1. The van der Waals surface area contributed by atoms with Gasteiger partial charge in [0, 0.05) is 60.7 Å². The minimum absolute atomic E-state index is 0.263. The number of aromatic amines is 1. The fourth-order valence-corrected chi connectivity index (χ4v) is 3.74. The maximum atomic E-state index is 5.83. The topological polar surface area (TPSA) is 109 Å². The van der Waals surface area contributed by atoms with E-state index < -0.39 is 0 Å². The Bertz CT molecular complexity index is 1260. The van der Waals surface area contributed by atoms with Crippen LogP contribution >= 0.6 is 0 Å². The maximum Gasteiger partial charge on any atom is 0.320 e. The summed E-state index contributed by atoms with van der Waals surface area (Å²) < 4.78 is 17.1. The van der Waals surface area contributed by atoms with E-state index >= 15 is 0 Å². The molecule has 0 amide bonds. The number of ether oxygens (including phenoxy) is 3. The van der Waals surface area contributed by atoms with Crippen LogP contribution in [0.25, 0.3) is 10.9 Å². The third-order valence-corrected chi connectivity index (χ3v) is 5.49. The van der Waals surface area contributed by atoms with Crippen LogP contribution in [-0.2, 0) is 9.47 Å². The van der Waals surface area contributed by atoms with E-state index in [4.69, 9.17) is 14.2 Å². The second-order valence-corrected chi connectivity index (χ2v) is 7.86. The fraction of sp³-hybridized carbons (Fsp3) is 0.280. The average molecular weight is 474 g/mol. The first-order chi connectivity index (χ1) is 17.3. The van der Waals surface area contributed by atoms with Crippen LogP contribution in [0, 0.1) is 0 Å². The van der Waals surface area contributed by atoms with Gasteiger partial charge in [0.2, 0.25) is 0 Å². The molecular weight excluding hydrogens is 446 g/mol. The fourth-order valence-electron chi connectivity index (χ4n) is 3.74. The van der Waals surface area contributed by atoms with Crippen LogP contribution in [-0.4, -0.2) is 66.9 Å². The highest BCUT2D eigenvalue weighted by molar-refractivity contribution is 5.99. The summed E-state index contributed by atoms with van der Waals surface area (Å²) in [5.74, 6) is 2.14. The molecule has 0 bridgehead atoms. The molecule has 180 valence electrons. The average Bonchev–Trinajstić information content (AvgIpc) is 3.13. The van der Waals surface area contributed by atoms with Gasteiger partial charge in [-0.25, -0.2) is 0 Å². The summed E-state index contributed by atoms with van der Waals surface area (Å²) in [6.07, 6.45) is 11.6. The van der Waals surface area contributed by atoms with Crippen molar-refractivity contribution in [3.63, 3.8) is 0 Å². The van der Waals surface area contributed by atoms with E-state index in [1.807, 2.05) is 42.6 Å². The van der Waals surface area contributed by atoms with E-state index in [9.17, 15) is 0 Å². The van der Waals surface area contributed by atoms with E-state index in [0.29, 0.717) is 38.7 Å². The van der Waals surface area contributed by atoms with Gasteiger partial charge in [-0.15, -0.1) is 0 Å². The number of aliphatic imine (C=N–C) groups is 1. The summed E-state index contributed by atoms with van der Waals surface area (Å²) in [6, 6.07) is 10.2. The summed E-state index contributed by atoms with van der Waals surface area (Å²) in [5.41, 5.74) is 5.07. The summed E-state index contributed by atoms with van der Waals surface area (Å²) in [5, 5.41) is 5.49. The molecule has 2 aliphatic heterocycles. The molecule has 3 aromatic rings. The highest BCUT2D eigenvalue weighted by atomic mass is 16.5. The van der Waals surface area contributed by atoms with Crippen molar-refractivity contribution in [1.82, 2.24) is 15.0 Å². The predicted octanol–water partition coefficient (Wildman–Crippen LogP) is 3.51. The summed E-state index contributed by atoms with van der Waals surface area (Å²) in [6.45, 7) is 3.50. The van der Waals surface area contributed by atoms with Gasteiger partial charge in [0.25, 0.3) is 0 Å². The lowest BCUT2D eigenvalue weighted by molar-refractivity contribution is 0.122. The molecule has 35 heavy (non-hydrogen) atoms. The molecule has 2 aliphatic rings. The third-order valence-electron chi connectivity index (χ3n) is 5.49. The molecule has 10 nitrogen and oxygen atoms in total. The van der Waals surface area contributed by atoms with Crippen molar-refractivity contribution in [2.24, 2.45) is 10.1 Å². The SMILES string of the molecule is C1=CN=CCC(OCCOc2nc(N/N=C/c3c[nH]c4ccccc34)cc(N3CCOCC3)n2)=C1. The van der Waals surface area contributed by atoms with Crippen LogP contribution in [0.5, 0.6) is 6.01 Å². The Labute approximate surface area is 203 Å². The third kappa shape index (κ3) is 6.04. The molecular formula is C25H27N7O3. The molecule has 2 N–H and O–H groups in total.